The number of fused-ring (bicyclic) bond motifs is 9. The van der Waals surface area contributed by atoms with Crippen LogP contribution in [0.25, 0.3) is 111 Å². The second-order valence-corrected chi connectivity index (χ2v) is 16.9. The largest absolute Gasteiger partial charge is 0.309 e. The number of pyridine rings is 5. The summed E-state index contributed by atoms with van der Waals surface area (Å²) in [5.74, 6) is 0. The van der Waals surface area contributed by atoms with Crippen LogP contribution < -0.4 is 0 Å². The van der Waals surface area contributed by atoms with Crippen LogP contribution >= 0.6 is 0 Å². The first-order valence-electron chi connectivity index (χ1n) is 22.7. The van der Waals surface area contributed by atoms with Crippen molar-refractivity contribution in [3.63, 3.8) is 0 Å². The molecule has 0 amide bonds. The van der Waals surface area contributed by atoms with Crippen LogP contribution in [0, 0.1) is 0 Å². The van der Waals surface area contributed by atoms with Crippen LogP contribution in [0.1, 0.15) is 24.5 Å². The van der Waals surface area contributed by atoms with E-state index in [0.29, 0.717) is 0 Å². The summed E-state index contributed by atoms with van der Waals surface area (Å²) in [6.07, 6.45) is 15.4. The van der Waals surface area contributed by atoms with Gasteiger partial charge in [-0.05, 0) is 119 Å². The number of hydrogen-bond donors (Lipinski definition) is 0. The first kappa shape index (κ1) is 39.8. The van der Waals surface area contributed by atoms with E-state index in [2.05, 4.69) is 165 Å². The van der Waals surface area contributed by atoms with Gasteiger partial charge in [0.2, 0.25) is 0 Å². The lowest BCUT2D eigenvalue weighted by atomic mass is 10.0. The minimum Gasteiger partial charge on any atom is -0.309 e. The van der Waals surface area contributed by atoms with Gasteiger partial charge < -0.3 is 9.13 Å². The van der Waals surface area contributed by atoms with Gasteiger partial charge in [0.15, 0.2) is 0 Å². The maximum Gasteiger partial charge on any atom is 0.116 e. The van der Waals surface area contributed by atoms with E-state index in [1.54, 1.807) is 0 Å². The van der Waals surface area contributed by atoms with E-state index in [1.807, 2.05) is 79.7 Å². The lowest BCUT2D eigenvalue weighted by Gasteiger charge is -2.12. The van der Waals surface area contributed by atoms with Crippen molar-refractivity contribution < 1.29 is 0 Å². The van der Waals surface area contributed by atoms with Crippen LogP contribution in [-0.4, -0.2) is 34.1 Å². The molecule has 0 bridgehead atoms. The highest BCUT2D eigenvalue weighted by Crippen LogP contribution is 2.41. The van der Waals surface area contributed by atoms with E-state index in [9.17, 15) is 0 Å². The molecule has 0 saturated heterocycles. The average Bonchev–Trinajstić information content (AvgIpc) is 4.06. The van der Waals surface area contributed by atoms with Gasteiger partial charge in [-0.2, -0.15) is 0 Å². The van der Waals surface area contributed by atoms with Crippen LogP contribution in [0.5, 0.6) is 0 Å². The molecule has 0 aliphatic heterocycles. The third-order valence-electron chi connectivity index (χ3n) is 12.9. The van der Waals surface area contributed by atoms with Gasteiger partial charge in [-0.3, -0.25) is 15.0 Å². The van der Waals surface area contributed by atoms with Gasteiger partial charge in [-0.1, -0.05) is 104 Å². The highest BCUT2D eigenvalue weighted by Gasteiger charge is 2.22. The molecule has 5 aromatic carbocycles. The lowest BCUT2D eigenvalue weighted by molar-refractivity contribution is 1.16. The van der Waals surface area contributed by atoms with E-state index in [0.717, 1.165) is 113 Å². The lowest BCUT2D eigenvalue weighted by Crippen LogP contribution is -1.97. The summed E-state index contributed by atoms with van der Waals surface area (Å²) in [6, 6.07) is 58.0. The van der Waals surface area contributed by atoms with E-state index >= 15 is 0 Å². The molecule has 0 saturated carbocycles. The average molecular weight is 862 g/mol. The molecule has 7 nitrogen and oxygen atoms in total. The molecule has 0 atom stereocenters. The highest BCUT2D eigenvalue weighted by molar-refractivity contribution is 6.11. The van der Waals surface area contributed by atoms with Crippen LogP contribution in [0.2, 0.25) is 0 Å². The standard InChI is InChI=1S/C56H35N7.C4H8/c1-3-9-35(10-4-1)39-26-41(32-58-30-39)49-18-21-53-55(60-49)56-54(22-19-50(61-56)42-27-40(31-59-33-42)36-11-5-2-6-12-36)63(53)44-17-20-51-47(29-44)48-34-57-24-23-52(48)62(51)43-16-15-38-25-37-13-7-8-14-45(37)46(38)28-43;1-3-4-2/h1-24,26-34H,25H2;3H,1,4H2,2H3. The van der Waals surface area contributed by atoms with Crippen molar-refractivity contribution in [2.24, 2.45) is 0 Å². The number of aromatic nitrogens is 7. The fourth-order valence-electron chi connectivity index (χ4n) is 9.60. The Balaban J connectivity index is 0.00000113. The Labute approximate surface area is 388 Å². The topological polar surface area (TPSA) is 74.3 Å². The molecule has 7 heterocycles. The summed E-state index contributed by atoms with van der Waals surface area (Å²) in [7, 11) is 0. The number of nitrogens with zero attached hydrogens (tertiary/aromatic N) is 7. The van der Waals surface area contributed by atoms with Gasteiger partial charge in [-0.15, -0.1) is 6.58 Å². The molecule has 67 heavy (non-hydrogen) atoms. The number of benzene rings is 5. The molecular formula is C60H43N7. The minimum atomic E-state index is 0.809. The Morgan fingerprint density at radius 1 is 0.448 bits per heavy atom. The van der Waals surface area contributed by atoms with E-state index < -0.39 is 0 Å². The van der Waals surface area contributed by atoms with Crippen molar-refractivity contribution in [2.75, 3.05) is 0 Å². The molecule has 1 aliphatic rings. The van der Waals surface area contributed by atoms with Crippen molar-refractivity contribution >= 4 is 43.9 Å². The van der Waals surface area contributed by atoms with E-state index in [1.165, 1.54) is 22.3 Å². The Morgan fingerprint density at radius 3 is 1.61 bits per heavy atom. The SMILES string of the molecule is C=CCC.c1ccc(-c2cncc(-c3ccc4c(n3)c3nc(-c5cncc(-c6ccccc6)c5)ccc3n4-c3ccc4c(c3)c3cnccc3n4-c3ccc4c(c3)-c3ccccc3C4)c2)cc1. The quantitative estimate of drug-likeness (QED) is 0.149. The summed E-state index contributed by atoms with van der Waals surface area (Å²) in [5.41, 5.74) is 21.1. The molecule has 7 heteroatoms. The van der Waals surface area contributed by atoms with Gasteiger partial charge in [0.1, 0.15) is 11.0 Å². The molecule has 1 aliphatic carbocycles. The molecule has 12 aromatic rings. The smallest absolute Gasteiger partial charge is 0.116 e. The number of rotatable bonds is 7. The van der Waals surface area contributed by atoms with Gasteiger partial charge in [0, 0.05) is 81.6 Å². The molecule has 318 valence electrons. The monoisotopic (exact) mass is 861 g/mol. The molecule has 13 rings (SSSR count). The van der Waals surface area contributed by atoms with Crippen molar-refractivity contribution in [3.05, 3.63) is 225 Å². The fourth-order valence-corrected chi connectivity index (χ4v) is 9.60. The summed E-state index contributed by atoms with van der Waals surface area (Å²) >= 11 is 0. The summed E-state index contributed by atoms with van der Waals surface area (Å²) in [4.78, 5) is 24.7. The highest BCUT2D eigenvalue weighted by atomic mass is 15.0. The van der Waals surface area contributed by atoms with Crippen LogP contribution in [-0.2, 0) is 6.42 Å². The second kappa shape index (κ2) is 16.6. The first-order valence-corrected chi connectivity index (χ1v) is 22.7. The Kier molecular flexibility index (Phi) is 9.87. The van der Waals surface area contributed by atoms with Gasteiger partial charge >= 0.3 is 0 Å². The zero-order valence-corrected chi connectivity index (χ0v) is 36.9. The molecule has 7 aromatic heterocycles. The van der Waals surface area contributed by atoms with Crippen LogP contribution in [0.15, 0.2) is 214 Å². The van der Waals surface area contributed by atoms with Gasteiger partial charge in [0.05, 0.1) is 33.5 Å². The predicted molar refractivity (Wildman–Crippen MR) is 275 cm³/mol. The van der Waals surface area contributed by atoms with Crippen molar-refractivity contribution in [2.45, 2.75) is 19.8 Å². The molecule has 0 fully saturated rings. The normalized spacial score (nSPS) is 11.7. The Hall–Kier alpha value is -8.81. The number of hydrogen-bond acceptors (Lipinski definition) is 5. The summed E-state index contributed by atoms with van der Waals surface area (Å²) in [5, 5.41) is 2.21. The maximum absolute atomic E-state index is 5.40. The van der Waals surface area contributed by atoms with Crippen molar-refractivity contribution in [3.8, 4) is 67.3 Å². The number of allylic oxidation sites excluding steroid dienone is 1. The van der Waals surface area contributed by atoms with Gasteiger partial charge in [-0.25, -0.2) is 9.97 Å². The Bertz CT molecular complexity index is 3710. The second-order valence-electron chi connectivity index (χ2n) is 16.9. The van der Waals surface area contributed by atoms with Gasteiger partial charge in [0.25, 0.3) is 0 Å². The zero-order chi connectivity index (χ0) is 44.8. The molecule has 0 spiro atoms. The minimum absolute atomic E-state index is 0.809. The molecule has 0 radical (unpaired) electrons. The van der Waals surface area contributed by atoms with E-state index in [-0.39, 0.29) is 0 Å². The predicted octanol–water partition coefficient (Wildman–Crippen LogP) is 14.7. The summed E-state index contributed by atoms with van der Waals surface area (Å²) < 4.78 is 4.67. The Morgan fingerprint density at radius 2 is 0.970 bits per heavy atom. The molecule has 0 unspecified atom stereocenters. The van der Waals surface area contributed by atoms with Crippen molar-refractivity contribution in [1.82, 2.24) is 34.1 Å². The van der Waals surface area contributed by atoms with Crippen LogP contribution in [0.3, 0.4) is 0 Å². The maximum atomic E-state index is 5.40. The van der Waals surface area contributed by atoms with E-state index in [4.69, 9.17) is 9.97 Å². The fraction of sp³-hybridized carbons (Fsp3) is 0.0500. The zero-order valence-electron chi connectivity index (χ0n) is 36.9. The first-order chi connectivity index (χ1) is 33.1. The third kappa shape index (κ3) is 6.96. The van der Waals surface area contributed by atoms with Crippen LogP contribution in [0.4, 0.5) is 0 Å². The third-order valence-corrected chi connectivity index (χ3v) is 12.9. The summed E-state index contributed by atoms with van der Waals surface area (Å²) in [6.45, 7) is 5.54. The molecular weight excluding hydrogens is 819 g/mol. The van der Waals surface area contributed by atoms with Crippen molar-refractivity contribution in [1.29, 1.82) is 0 Å². The molecule has 0 N–H and O–H groups in total.